The maximum atomic E-state index is 12.4. The topological polar surface area (TPSA) is 50.4 Å². The lowest BCUT2D eigenvalue weighted by molar-refractivity contribution is -0.0684. The van der Waals surface area contributed by atoms with Crippen LogP contribution in [-0.4, -0.2) is 41.8 Å². The maximum Gasteiger partial charge on any atom is 0.315 e. The summed E-state index contributed by atoms with van der Waals surface area (Å²) in [6, 6.07) is 0.731. The van der Waals surface area contributed by atoms with Gasteiger partial charge in [-0.05, 0) is 62.5 Å². The molecule has 1 spiro atoms. The Hall–Kier alpha value is -0.420. The molecule has 2 aliphatic carbocycles. The Kier molecular flexibility index (Phi) is 4.77. The molecule has 0 aromatic heterocycles. The summed E-state index contributed by atoms with van der Waals surface area (Å²) < 4.78 is 6.04. The molecule has 2 N–H and O–H groups in total. The van der Waals surface area contributed by atoms with Crippen molar-refractivity contribution in [1.82, 2.24) is 10.6 Å². The average molecular weight is 339 g/mol. The molecule has 130 valence electrons. The SMILES string of the molecule is O=C(N[C@@H]1CCC[C@H](C2CC2)C1)N[C@H]1CCO[C@]2(CCSC2)C1. The van der Waals surface area contributed by atoms with Crippen molar-refractivity contribution in [2.24, 2.45) is 11.8 Å². The number of urea groups is 1. The van der Waals surface area contributed by atoms with Gasteiger partial charge in [0.15, 0.2) is 0 Å². The zero-order valence-corrected chi connectivity index (χ0v) is 14.8. The highest BCUT2D eigenvalue weighted by atomic mass is 32.2. The number of nitrogens with one attached hydrogen (secondary N) is 2. The molecule has 5 heteroatoms. The van der Waals surface area contributed by atoms with Crippen LogP contribution in [0.3, 0.4) is 0 Å². The summed E-state index contributed by atoms with van der Waals surface area (Å²) in [5.74, 6) is 4.14. The highest BCUT2D eigenvalue weighted by Crippen LogP contribution is 2.44. The van der Waals surface area contributed by atoms with Crippen LogP contribution < -0.4 is 10.6 Å². The molecule has 0 radical (unpaired) electrons. The number of amides is 2. The number of rotatable bonds is 3. The van der Waals surface area contributed by atoms with E-state index in [0.717, 1.165) is 49.9 Å². The third-order valence-electron chi connectivity index (χ3n) is 6.23. The first-order valence-electron chi connectivity index (χ1n) is 9.51. The number of thioether (sulfide) groups is 1. The monoisotopic (exact) mass is 338 g/mol. The van der Waals surface area contributed by atoms with E-state index in [9.17, 15) is 4.79 Å². The first kappa shape index (κ1) is 16.1. The van der Waals surface area contributed by atoms with Crippen LogP contribution in [0.4, 0.5) is 4.79 Å². The lowest BCUT2D eigenvalue weighted by Gasteiger charge is -2.38. The van der Waals surface area contributed by atoms with Gasteiger partial charge in [0, 0.05) is 24.4 Å². The molecule has 4 fully saturated rings. The van der Waals surface area contributed by atoms with Crippen molar-refractivity contribution in [1.29, 1.82) is 0 Å². The molecule has 2 saturated heterocycles. The molecule has 0 aromatic carbocycles. The van der Waals surface area contributed by atoms with E-state index in [1.807, 2.05) is 11.8 Å². The summed E-state index contributed by atoms with van der Waals surface area (Å²) in [7, 11) is 0. The smallest absolute Gasteiger partial charge is 0.315 e. The van der Waals surface area contributed by atoms with Crippen LogP contribution in [0.15, 0.2) is 0 Å². The van der Waals surface area contributed by atoms with Crippen molar-refractivity contribution in [2.45, 2.75) is 75.5 Å². The molecule has 4 aliphatic rings. The molecule has 0 bridgehead atoms. The maximum absolute atomic E-state index is 12.4. The van der Waals surface area contributed by atoms with E-state index < -0.39 is 0 Å². The second-order valence-electron chi connectivity index (χ2n) is 8.10. The van der Waals surface area contributed by atoms with Crippen LogP contribution in [-0.2, 0) is 4.74 Å². The van der Waals surface area contributed by atoms with Gasteiger partial charge in [-0.1, -0.05) is 12.8 Å². The normalized spacial score (nSPS) is 41.0. The van der Waals surface area contributed by atoms with Gasteiger partial charge >= 0.3 is 6.03 Å². The van der Waals surface area contributed by atoms with Crippen molar-refractivity contribution in [2.75, 3.05) is 18.1 Å². The Bertz CT molecular complexity index is 435. The Labute approximate surface area is 143 Å². The quantitative estimate of drug-likeness (QED) is 0.830. The fraction of sp³-hybridized carbons (Fsp3) is 0.944. The number of hydrogen-bond acceptors (Lipinski definition) is 3. The van der Waals surface area contributed by atoms with Crippen LogP contribution in [0.2, 0.25) is 0 Å². The number of ether oxygens (including phenoxy) is 1. The third kappa shape index (κ3) is 3.98. The Morgan fingerprint density at radius 2 is 1.91 bits per heavy atom. The van der Waals surface area contributed by atoms with Gasteiger partial charge in [-0.2, -0.15) is 11.8 Å². The van der Waals surface area contributed by atoms with E-state index in [1.54, 1.807) is 0 Å². The molecule has 4 rings (SSSR count). The van der Waals surface area contributed by atoms with Gasteiger partial charge < -0.3 is 15.4 Å². The number of hydrogen-bond donors (Lipinski definition) is 2. The van der Waals surface area contributed by atoms with E-state index in [2.05, 4.69) is 10.6 Å². The van der Waals surface area contributed by atoms with Crippen LogP contribution in [0.1, 0.15) is 57.8 Å². The lowest BCUT2D eigenvalue weighted by atomic mass is 9.83. The van der Waals surface area contributed by atoms with Gasteiger partial charge in [-0.3, -0.25) is 0 Å². The highest BCUT2D eigenvalue weighted by molar-refractivity contribution is 7.99. The van der Waals surface area contributed by atoms with E-state index in [1.165, 1.54) is 37.9 Å². The predicted octanol–water partition coefficient (Wildman–Crippen LogP) is 3.31. The molecule has 2 aliphatic heterocycles. The largest absolute Gasteiger partial charge is 0.374 e. The van der Waals surface area contributed by atoms with Crippen LogP contribution >= 0.6 is 11.8 Å². The fourth-order valence-corrected chi connectivity index (χ4v) is 6.16. The van der Waals surface area contributed by atoms with E-state index in [0.29, 0.717) is 6.04 Å². The first-order valence-corrected chi connectivity index (χ1v) is 10.7. The molecule has 23 heavy (non-hydrogen) atoms. The minimum atomic E-state index is 0.0444. The second-order valence-corrected chi connectivity index (χ2v) is 9.21. The van der Waals surface area contributed by atoms with Gasteiger partial charge in [-0.25, -0.2) is 4.79 Å². The molecule has 4 nitrogen and oxygen atoms in total. The summed E-state index contributed by atoms with van der Waals surface area (Å²) in [6.45, 7) is 0.790. The molecule has 2 heterocycles. The Balaban J connectivity index is 1.24. The molecular weight excluding hydrogens is 308 g/mol. The molecule has 2 amide bonds. The van der Waals surface area contributed by atoms with E-state index in [4.69, 9.17) is 4.74 Å². The summed E-state index contributed by atoms with van der Waals surface area (Å²) in [4.78, 5) is 12.4. The predicted molar refractivity (Wildman–Crippen MR) is 93.8 cm³/mol. The minimum Gasteiger partial charge on any atom is -0.374 e. The van der Waals surface area contributed by atoms with E-state index >= 15 is 0 Å². The van der Waals surface area contributed by atoms with E-state index in [-0.39, 0.29) is 17.7 Å². The number of carbonyl (C=O) groups is 1. The van der Waals surface area contributed by atoms with Crippen molar-refractivity contribution in [3.05, 3.63) is 0 Å². The number of carbonyl (C=O) groups excluding carboxylic acids is 1. The third-order valence-corrected chi connectivity index (χ3v) is 7.46. The van der Waals surface area contributed by atoms with Crippen LogP contribution in [0.5, 0.6) is 0 Å². The molecule has 0 aromatic rings. The summed E-state index contributed by atoms with van der Waals surface area (Å²) in [6.07, 6.45) is 10.9. The summed E-state index contributed by atoms with van der Waals surface area (Å²) in [5, 5.41) is 6.50. The Morgan fingerprint density at radius 1 is 1.04 bits per heavy atom. The van der Waals surface area contributed by atoms with Crippen LogP contribution in [0.25, 0.3) is 0 Å². The van der Waals surface area contributed by atoms with Crippen molar-refractivity contribution < 1.29 is 9.53 Å². The van der Waals surface area contributed by atoms with Gasteiger partial charge in [0.1, 0.15) is 0 Å². The molecule has 4 atom stereocenters. The van der Waals surface area contributed by atoms with Gasteiger partial charge in [0.05, 0.1) is 5.60 Å². The van der Waals surface area contributed by atoms with Gasteiger partial charge in [-0.15, -0.1) is 0 Å². The lowest BCUT2D eigenvalue weighted by Crippen LogP contribution is -2.53. The van der Waals surface area contributed by atoms with Gasteiger partial charge in [0.2, 0.25) is 0 Å². The van der Waals surface area contributed by atoms with Crippen molar-refractivity contribution in [3.63, 3.8) is 0 Å². The fourth-order valence-electron chi connectivity index (χ4n) is 4.78. The standard InChI is InChI=1S/C18H30N2O2S/c21-17(19-15-3-1-2-14(10-15)13-4-5-13)20-16-6-8-22-18(11-16)7-9-23-12-18/h13-16H,1-12H2,(H2,19,20,21)/t14-,15+,16-,18+/m0/s1. The van der Waals surface area contributed by atoms with Crippen LogP contribution in [0, 0.1) is 11.8 Å². The summed E-state index contributed by atoms with van der Waals surface area (Å²) >= 11 is 1.98. The molecule has 0 unspecified atom stereocenters. The average Bonchev–Trinajstić information content (AvgIpc) is 3.30. The Morgan fingerprint density at radius 3 is 2.70 bits per heavy atom. The first-order chi connectivity index (χ1) is 11.2. The zero-order valence-electron chi connectivity index (χ0n) is 14.0. The molecular formula is C18H30N2O2S. The van der Waals surface area contributed by atoms with Gasteiger partial charge in [0.25, 0.3) is 0 Å². The van der Waals surface area contributed by atoms with Crippen molar-refractivity contribution >= 4 is 17.8 Å². The summed E-state index contributed by atoms with van der Waals surface area (Å²) in [5.41, 5.74) is 0.0444. The van der Waals surface area contributed by atoms with Crippen molar-refractivity contribution in [3.8, 4) is 0 Å². The molecule has 2 saturated carbocycles. The highest BCUT2D eigenvalue weighted by Gasteiger charge is 2.41. The second kappa shape index (κ2) is 6.83. The minimum absolute atomic E-state index is 0.0444. The zero-order chi connectivity index (χ0) is 15.7.